The number of carbonyl (C=O) groups is 2. The highest BCUT2D eigenvalue weighted by atomic mass is 16.6. The summed E-state index contributed by atoms with van der Waals surface area (Å²) in [5.41, 5.74) is 0. The van der Waals surface area contributed by atoms with Gasteiger partial charge in [-0.3, -0.25) is 4.98 Å². The molecule has 1 aromatic heterocycles. The molecule has 0 aliphatic rings. The summed E-state index contributed by atoms with van der Waals surface area (Å²) in [7, 11) is 0. The van der Waals surface area contributed by atoms with E-state index in [1.807, 2.05) is 18.2 Å². The van der Waals surface area contributed by atoms with Crippen LogP contribution < -0.4 is 0 Å². The Balaban J connectivity index is 0.000000397. The van der Waals surface area contributed by atoms with Crippen LogP contribution >= 0.6 is 0 Å². The van der Waals surface area contributed by atoms with Crippen LogP contribution in [0.4, 0.5) is 0 Å². The lowest BCUT2D eigenvalue weighted by molar-refractivity contribution is -0.163. The normalized spacial score (nSPS) is 8.94. The first-order valence-electron chi connectivity index (χ1n) is 5.93. The fraction of sp³-hybridized carbons (Fsp3) is 0.462. The molecule has 0 bridgehead atoms. The van der Waals surface area contributed by atoms with Gasteiger partial charge >= 0.3 is 11.9 Å². The van der Waals surface area contributed by atoms with E-state index in [1.54, 1.807) is 12.4 Å². The molecule has 1 rings (SSSR count). The van der Waals surface area contributed by atoms with Gasteiger partial charge in [-0.2, -0.15) is 0 Å². The monoisotopic (exact) mass is 253 g/mol. The van der Waals surface area contributed by atoms with Gasteiger partial charge in [0.05, 0.1) is 6.61 Å². The average molecular weight is 253 g/mol. The first-order valence-corrected chi connectivity index (χ1v) is 5.93. The Morgan fingerprint density at radius 3 is 2.17 bits per heavy atom. The van der Waals surface area contributed by atoms with E-state index in [2.05, 4.69) is 16.6 Å². The van der Waals surface area contributed by atoms with Crippen LogP contribution in [0.5, 0.6) is 0 Å². The summed E-state index contributed by atoms with van der Waals surface area (Å²) < 4.78 is 4.41. The van der Waals surface area contributed by atoms with Crippen molar-refractivity contribution in [2.45, 2.75) is 32.6 Å². The van der Waals surface area contributed by atoms with Crippen molar-refractivity contribution >= 4 is 11.9 Å². The highest BCUT2D eigenvalue weighted by Crippen LogP contribution is 1.98. The topological polar surface area (TPSA) is 76.5 Å². The summed E-state index contributed by atoms with van der Waals surface area (Å²) in [5, 5.41) is 8.11. The second kappa shape index (κ2) is 11.6. The summed E-state index contributed by atoms with van der Waals surface area (Å²) in [5.74, 6) is -2.68. The number of esters is 1. The van der Waals surface area contributed by atoms with Gasteiger partial charge < -0.3 is 9.84 Å². The van der Waals surface area contributed by atoms with Crippen LogP contribution in [0.3, 0.4) is 0 Å². The molecule has 1 aromatic rings. The Morgan fingerprint density at radius 2 is 1.78 bits per heavy atom. The van der Waals surface area contributed by atoms with Gasteiger partial charge in [0.1, 0.15) is 0 Å². The van der Waals surface area contributed by atoms with Gasteiger partial charge in [-0.25, -0.2) is 9.59 Å². The van der Waals surface area contributed by atoms with Gasteiger partial charge in [0, 0.05) is 12.4 Å². The van der Waals surface area contributed by atoms with Crippen LogP contribution in [0.2, 0.25) is 0 Å². The third kappa shape index (κ3) is 10.6. The lowest BCUT2D eigenvalue weighted by Crippen LogP contribution is -2.16. The number of nitrogens with zero attached hydrogens (tertiary/aromatic N) is 1. The summed E-state index contributed by atoms with van der Waals surface area (Å²) in [6, 6.07) is 5.72. The number of unbranched alkanes of at least 4 members (excludes halogenated alkanes) is 3. The van der Waals surface area contributed by atoms with Crippen molar-refractivity contribution in [2.75, 3.05) is 6.61 Å². The van der Waals surface area contributed by atoms with Crippen LogP contribution in [0, 0.1) is 0 Å². The van der Waals surface area contributed by atoms with E-state index in [9.17, 15) is 9.59 Å². The van der Waals surface area contributed by atoms with Crippen molar-refractivity contribution in [3.8, 4) is 0 Å². The molecular weight excluding hydrogens is 234 g/mol. The van der Waals surface area contributed by atoms with Gasteiger partial charge in [0.2, 0.25) is 0 Å². The molecule has 100 valence electrons. The largest absolute Gasteiger partial charge is 0.473 e. The Kier molecular flexibility index (Phi) is 10.3. The van der Waals surface area contributed by atoms with Crippen molar-refractivity contribution < 1.29 is 19.4 Å². The number of ether oxygens (including phenoxy) is 1. The smallest absolute Gasteiger partial charge is 0.417 e. The van der Waals surface area contributed by atoms with Crippen molar-refractivity contribution in [3.05, 3.63) is 30.6 Å². The Labute approximate surface area is 107 Å². The molecule has 0 aliphatic carbocycles. The second-order valence-electron chi connectivity index (χ2n) is 3.53. The summed E-state index contributed by atoms with van der Waals surface area (Å²) in [4.78, 5) is 24.1. The van der Waals surface area contributed by atoms with Crippen molar-refractivity contribution in [1.29, 1.82) is 0 Å². The third-order valence-corrected chi connectivity index (χ3v) is 1.97. The first-order chi connectivity index (χ1) is 8.68. The number of aliphatic carboxylic acids is 1. The van der Waals surface area contributed by atoms with E-state index in [4.69, 9.17) is 5.11 Å². The molecule has 0 atom stereocenters. The van der Waals surface area contributed by atoms with Crippen LogP contribution in [0.15, 0.2) is 30.6 Å². The zero-order valence-electron chi connectivity index (χ0n) is 10.5. The second-order valence-corrected chi connectivity index (χ2v) is 3.53. The molecule has 0 unspecified atom stereocenters. The molecule has 0 aromatic carbocycles. The molecule has 5 nitrogen and oxygen atoms in total. The Morgan fingerprint density at radius 1 is 1.11 bits per heavy atom. The Bertz CT molecular complexity index is 300. The molecule has 0 saturated carbocycles. The lowest BCUT2D eigenvalue weighted by atomic mass is 10.2. The number of carboxylic acid groups (broad SMARTS) is 1. The highest BCUT2D eigenvalue weighted by molar-refractivity contribution is 6.28. The average Bonchev–Trinajstić information content (AvgIpc) is 2.41. The van der Waals surface area contributed by atoms with E-state index in [-0.39, 0.29) is 6.61 Å². The lowest BCUT2D eigenvalue weighted by Gasteiger charge is -2.00. The summed E-state index contributed by atoms with van der Waals surface area (Å²) in [6.45, 7) is 2.29. The van der Waals surface area contributed by atoms with Gasteiger partial charge in [-0.15, -0.1) is 0 Å². The number of rotatable bonds is 5. The number of aromatic nitrogens is 1. The molecule has 0 amide bonds. The Hall–Kier alpha value is -1.91. The fourth-order valence-corrected chi connectivity index (χ4v) is 1.07. The quantitative estimate of drug-likeness (QED) is 0.495. The fourth-order valence-electron chi connectivity index (χ4n) is 1.07. The maximum absolute atomic E-state index is 10.4. The van der Waals surface area contributed by atoms with Crippen LogP contribution in [0.25, 0.3) is 0 Å². The highest BCUT2D eigenvalue weighted by Gasteiger charge is 2.11. The number of carboxylic acids is 1. The van der Waals surface area contributed by atoms with Gasteiger partial charge in [0.25, 0.3) is 0 Å². The zero-order chi connectivity index (χ0) is 13.6. The molecule has 0 fully saturated rings. The zero-order valence-corrected chi connectivity index (χ0v) is 10.5. The maximum atomic E-state index is 10.4. The minimum absolute atomic E-state index is 0.213. The van der Waals surface area contributed by atoms with Crippen molar-refractivity contribution in [2.24, 2.45) is 0 Å². The minimum Gasteiger partial charge on any atom is -0.473 e. The number of hydrogen-bond acceptors (Lipinski definition) is 4. The van der Waals surface area contributed by atoms with Crippen molar-refractivity contribution in [3.63, 3.8) is 0 Å². The van der Waals surface area contributed by atoms with Crippen LogP contribution in [-0.4, -0.2) is 28.6 Å². The first kappa shape index (κ1) is 16.1. The van der Waals surface area contributed by atoms with E-state index >= 15 is 0 Å². The summed E-state index contributed by atoms with van der Waals surface area (Å²) in [6.07, 6.45) is 7.41. The standard InChI is InChI=1S/C8H14O4.C5H5N/c1-2-3-4-5-6-12-8(11)7(9)10;1-2-4-6-5-3-1/h2-6H2,1H3,(H,9,10);1-5H. The molecule has 0 aliphatic heterocycles. The molecule has 0 radical (unpaired) electrons. The SMILES string of the molecule is CCCCCCOC(=O)C(=O)O.c1ccncc1. The van der Waals surface area contributed by atoms with E-state index < -0.39 is 11.9 Å². The number of carbonyl (C=O) groups excluding carboxylic acids is 1. The maximum Gasteiger partial charge on any atom is 0.417 e. The molecule has 1 N–H and O–H groups in total. The molecule has 0 saturated heterocycles. The van der Waals surface area contributed by atoms with Gasteiger partial charge in [-0.1, -0.05) is 32.3 Å². The molecule has 18 heavy (non-hydrogen) atoms. The van der Waals surface area contributed by atoms with Crippen molar-refractivity contribution in [1.82, 2.24) is 4.98 Å². The number of pyridine rings is 1. The predicted molar refractivity (Wildman–Crippen MR) is 67.0 cm³/mol. The van der Waals surface area contributed by atoms with Crippen LogP contribution in [-0.2, 0) is 14.3 Å². The van der Waals surface area contributed by atoms with Crippen LogP contribution in [0.1, 0.15) is 32.6 Å². The molecule has 0 spiro atoms. The molecular formula is C13H19NO4. The van der Waals surface area contributed by atoms with E-state index in [1.165, 1.54) is 0 Å². The summed E-state index contributed by atoms with van der Waals surface area (Å²) >= 11 is 0. The minimum atomic E-state index is -1.52. The molecule has 1 heterocycles. The third-order valence-electron chi connectivity index (χ3n) is 1.97. The van der Waals surface area contributed by atoms with E-state index in [0.717, 1.165) is 25.7 Å². The number of hydrogen-bond donors (Lipinski definition) is 1. The predicted octanol–water partition coefficient (Wildman–Crippen LogP) is 2.28. The van der Waals surface area contributed by atoms with E-state index in [0.29, 0.717) is 0 Å². The van der Waals surface area contributed by atoms with Gasteiger partial charge in [-0.05, 0) is 18.6 Å². The van der Waals surface area contributed by atoms with Gasteiger partial charge in [0.15, 0.2) is 0 Å². The molecule has 5 heteroatoms.